The Kier molecular flexibility index (Phi) is 3.17. The fraction of sp³-hybridized carbons (Fsp3) is 0.600. The third kappa shape index (κ3) is 2.38. The van der Waals surface area contributed by atoms with Gasteiger partial charge in [-0.25, -0.2) is 0 Å². The van der Waals surface area contributed by atoms with Crippen molar-refractivity contribution in [2.45, 2.75) is 37.8 Å². The summed E-state index contributed by atoms with van der Waals surface area (Å²) in [6.45, 7) is 5.91. The Hall–Kier alpha value is -0.860. The molecule has 1 aromatic rings. The molecule has 1 aliphatic carbocycles. The zero-order valence-corrected chi connectivity index (χ0v) is 10.6. The molecule has 0 spiro atoms. The van der Waals surface area contributed by atoms with Crippen molar-refractivity contribution in [1.82, 2.24) is 10.2 Å². The quantitative estimate of drug-likeness (QED) is 0.856. The monoisotopic (exact) mass is 230 g/mol. The van der Waals surface area contributed by atoms with E-state index in [1.807, 2.05) is 0 Å². The predicted octanol–water partition coefficient (Wildman–Crippen LogP) is 2.23. The van der Waals surface area contributed by atoms with E-state index in [0.717, 1.165) is 18.5 Å². The first kappa shape index (κ1) is 11.2. The SMILES string of the molecule is CCC1CN(C2CC2c2ccccc2)CCN1. The number of rotatable bonds is 3. The molecular weight excluding hydrogens is 208 g/mol. The summed E-state index contributed by atoms with van der Waals surface area (Å²) >= 11 is 0. The van der Waals surface area contributed by atoms with Crippen molar-refractivity contribution in [3.63, 3.8) is 0 Å². The van der Waals surface area contributed by atoms with Gasteiger partial charge in [-0.1, -0.05) is 37.3 Å². The van der Waals surface area contributed by atoms with Gasteiger partial charge in [0, 0.05) is 37.6 Å². The summed E-state index contributed by atoms with van der Waals surface area (Å²) in [7, 11) is 0. The van der Waals surface area contributed by atoms with Crippen LogP contribution in [0.2, 0.25) is 0 Å². The minimum atomic E-state index is 0.709. The van der Waals surface area contributed by atoms with Crippen LogP contribution < -0.4 is 5.32 Å². The highest BCUT2D eigenvalue weighted by molar-refractivity contribution is 5.28. The molecule has 1 N–H and O–H groups in total. The molecule has 3 rings (SSSR count). The highest BCUT2D eigenvalue weighted by Gasteiger charge is 2.43. The summed E-state index contributed by atoms with van der Waals surface area (Å²) in [6, 6.07) is 12.5. The molecule has 2 aliphatic rings. The summed E-state index contributed by atoms with van der Waals surface area (Å²) in [4.78, 5) is 2.70. The van der Waals surface area contributed by atoms with Crippen LogP contribution in [0.3, 0.4) is 0 Å². The minimum absolute atomic E-state index is 0.709. The first-order valence-corrected chi connectivity index (χ1v) is 6.91. The maximum Gasteiger partial charge on any atom is 0.0193 e. The molecule has 2 fully saturated rings. The van der Waals surface area contributed by atoms with Crippen molar-refractivity contribution >= 4 is 0 Å². The molecule has 3 atom stereocenters. The molecule has 0 amide bonds. The lowest BCUT2D eigenvalue weighted by molar-refractivity contribution is 0.186. The number of nitrogens with zero attached hydrogens (tertiary/aromatic N) is 1. The van der Waals surface area contributed by atoms with Crippen LogP contribution in [0.1, 0.15) is 31.2 Å². The number of hydrogen-bond donors (Lipinski definition) is 1. The molecule has 17 heavy (non-hydrogen) atoms. The molecule has 0 aromatic heterocycles. The van der Waals surface area contributed by atoms with Gasteiger partial charge in [-0.05, 0) is 18.4 Å². The molecular formula is C15H22N2. The minimum Gasteiger partial charge on any atom is -0.311 e. The first-order chi connectivity index (χ1) is 8.38. The van der Waals surface area contributed by atoms with Crippen molar-refractivity contribution in [2.75, 3.05) is 19.6 Å². The fourth-order valence-corrected chi connectivity index (χ4v) is 3.07. The Labute approximate surface area is 104 Å². The first-order valence-electron chi connectivity index (χ1n) is 6.91. The number of benzene rings is 1. The highest BCUT2D eigenvalue weighted by atomic mass is 15.2. The van der Waals surface area contributed by atoms with Crippen LogP contribution in [0, 0.1) is 0 Å². The standard InChI is InChI=1S/C15H22N2/c1-2-13-11-17(9-8-16-13)15-10-14(15)12-6-4-3-5-7-12/h3-7,13-16H,2,8-11H2,1H3. The van der Waals surface area contributed by atoms with Gasteiger partial charge in [-0.3, -0.25) is 4.90 Å². The lowest BCUT2D eigenvalue weighted by atomic mass is 10.1. The summed E-state index contributed by atoms with van der Waals surface area (Å²) < 4.78 is 0. The molecule has 0 bridgehead atoms. The van der Waals surface area contributed by atoms with E-state index in [1.165, 1.54) is 31.5 Å². The smallest absolute Gasteiger partial charge is 0.0193 e. The van der Waals surface area contributed by atoms with E-state index in [9.17, 15) is 0 Å². The van der Waals surface area contributed by atoms with Crippen LogP contribution in [0.5, 0.6) is 0 Å². The Bertz CT molecular complexity index is 362. The van der Waals surface area contributed by atoms with Gasteiger partial charge in [-0.2, -0.15) is 0 Å². The molecule has 1 saturated carbocycles. The van der Waals surface area contributed by atoms with Crippen molar-refractivity contribution in [3.05, 3.63) is 35.9 Å². The number of hydrogen-bond acceptors (Lipinski definition) is 2. The summed E-state index contributed by atoms with van der Waals surface area (Å²) in [5.41, 5.74) is 1.53. The largest absolute Gasteiger partial charge is 0.311 e. The van der Waals surface area contributed by atoms with E-state index >= 15 is 0 Å². The summed E-state index contributed by atoms with van der Waals surface area (Å²) in [6.07, 6.45) is 2.61. The van der Waals surface area contributed by atoms with E-state index in [-0.39, 0.29) is 0 Å². The maximum absolute atomic E-state index is 3.59. The van der Waals surface area contributed by atoms with Gasteiger partial charge in [0.05, 0.1) is 0 Å². The molecule has 0 radical (unpaired) electrons. The Balaban J connectivity index is 1.61. The second kappa shape index (κ2) is 4.79. The van der Waals surface area contributed by atoms with Crippen molar-refractivity contribution in [1.29, 1.82) is 0 Å². The summed E-state index contributed by atoms with van der Waals surface area (Å²) in [5.74, 6) is 0.798. The topological polar surface area (TPSA) is 15.3 Å². The van der Waals surface area contributed by atoms with Crippen molar-refractivity contribution < 1.29 is 0 Å². The average molecular weight is 230 g/mol. The van der Waals surface area contributed by atoms with Crippen LogP contribution in [-0.2, 0) is 0 Å². The molecule has 3 unspecified atom stereocenters. The van der Waals surface area contributed by atoms with Crippen LogP contribution in [0.15, 0.2) is 30.3 Å². The fourth-order valence-electron chi connectivity index (χ4n) is 3.07. The molecule has 1 saturated heterocycles. The molecule has 92 valence electrons. The van der Waals surface area contributed by atoms with Crippen LogP contribution in [0.4, 0.5) is 0 Å². The van der Waals surface area contributed by atoms with Crippen LogP contribution in [-0.4, -0.2) is 36.6 Å². The number of piperazine rings is 1. The molecule has 1 aromatic carbocycles. The van der Waals surface area contributed by atoms with Gasteiger partial charge in [-0.15, -0.1) is 0 Å². The van der Waals surface area contributed by atoms with Gasteiger partial charge >= 0.3 is 0 Å². The predicted molar refractivity (Wildman–Crippen MR) is 71.2 cm³/mol. The third-order valence-electron chi connectivity index (χ3n) is 4.23. The normalized spacial score (nSPS) is 33.6. The van der Waals surface area contributed by atoms with Gasteiger partial charge < -0.3 is 5.32 Å². The van der Waals surface area contributed by atoms with E-state index in [1.54, 1.807) is 0 Å². The Morgan fingerprint density at radius 1 is 1.29 bits per heavy atom. The highest BCUT2D eigenvalue weighted by Crippen LogP contribution is 2.44. The van der Waals surface area contributed by atoms with Gasteiger partial charge in [0.25, 0.3) is 0 Å². The zero-order chi connectivity index (χ0) is 11.7. The zero-order valence-electron chi connectivity index (χ0n) is 10.6. The van der Waals surface area contributed by atoms with Gasteiger partial charge in [0.15, 0.2) is 0 Å². The van der Waals surface area contributed by atoms with E-state index < -0.39 is 0 Å². The summed E-state index contributed by atoms with van der Waals surface area (Å²) in [5, 5.41) is 3.59. The second-order valence-electron chi connectivity index (χ2n) is 5.37. The maximum atomic E-state index is 3.59. The third-order valence-corrected chi connectivity index (χ3v) is 4.23. The van der Waals surface area contributed by atoms with Crippen molar-refractivity contribution in [2.24, 2.45) is 0 Å². The Morgan fingerprint density at radius 2 is 2.12 bits per heavy atom. The van der Waals surface area contributed by atoms with Crippen LogP contribution in [0.25, 0.3) is 0 Å². The second-order valence-corrected chi connectivity index (χ2v) is 5.37. The lowest BCUT2D eigenvalue weighted by Gasteiger charge is -2.33. The van der Waals surface area contributed by atoms with Crippen molar-refractivity contribution in [3.8, 4) is 0 Å². The van der Waals surface area contributed by atoms with Gasteiger partial charge in [0.1, 0.15) is 0 Å². The lowest BCUT2D eigenvalue weighted by Crippen LogP contribution is -2.51. The van der Waals surface area contributed by atoms with E-state index in [2.05, 4.69) is 47.5 Å². The molecule has 1 aliphatic heterocycles. The Morgan fingerprint density at radius 3 is 2.88 bits per heavy atom. The number of nitrogens with one attached hydrogen (secondary N) is 1. The van der Waals surface area contributed by atoms with Gasteiger partial charge in [0.2, 0.25) is 0 Å². The average Bonchev–Trinajstić information content (AvgIpc) is 3.20. The van der Waals surface area contributed by atoms with E-state index in [4.69, 9.17) is 0 Å². The molecule has 1 heterocycles. The van der Waals surface area contributed by atoms with E-state index in [0.29, 0.717) is 6.04 Å². The van der Waals surface area contributed by atoms with Crippen LogP contribution >= 0.6 is 0 Å². The molecule has 2 heteroatoms. The molecule has 2 nitrogen and oxygen atoms in total.